The van der Waals surface area contributed by atoms with Gasteiger partial charge in [0.25, 0.3) is 0 Å². The summed E-state index contributed by atoms with van der Waals surface area (Å²) in [7, 11) is 0. The molecule has 0 saturated heterocycles. The third kappa shape index (κ3) is 3.00. The number of nitrogens with one attached hydrogen (secondary N) is 1. The summed E-state index contributed by atoms with van der Waals surface area (Å²) >= 11 is 0. The van der Waals surface area contributed by atoms with Crippen molar-refractivity contribution in [1.82, 2.24) is 15.0 Å². The van der Waals surface area contributed by atoms with Crippen LogP contribution < -0.4 is 5.32 Å². The number of hydrogen-bond acceptors (Lipinski definition) is 4. The molecule has 0 aliphatic rings. The summed E-state index contributed by atoms with van der Waals surface area (Å²) in [5, 5.41) is 3.28. The van der Waals surface area contributed by atoms with Gasteiger partial charge < -0.3 is 5.32 Å². The lowest BCUT2D eigenvalue weighted by Gasteiger charge is -2.08. The molecule has 88 valence electrons. The van der Waals surface area contributed by atoms with Crippen molar-refractivity contribution in [2.24, 2.45) is 0 Å². The molecular formula is C13H16N4. The fourth-order valence-corrected chi connectivity index (χ4v) is 1.49. The highest BCUT2D eigenvalue weighted by atomic mass is 15.0. The largest absolute Gasteiger partial charge is 0.364 e. The number of anilines is 1. The van der Waals surface area contributed by atoms with Gasteiger partial charge >= 0.3 is 0 Å². The van der Waals surface area contributed by atoms with Crippen LogP contribution >= 0.6 is 0 Å². The summed E-state index contributed by atoms with van der Waals surface area (Å²) in [6.07, 6.45) is 3.65. The molecule has 2 rings (SSSR count). The van der Waals surface area contributed by atoms with Crippen molar-refractivity contribution >= 4 is 5.82 Å². The van der Waals surface area contributed by atoms with Gasteiger partial charge in [-0.15, -0.1) is 0 Å². The zero-order valence-electron chi connectivity index (χ0n) is 10.4. The van der Waals surface area contributed by atoms with Crippen LogP contribution in [0.3, 0.4) is 0 Å². The van der Waals surface area contributed by atoms with E-state index in [0.29, 0.717) is 6.54 Å². The Bertz CT molecular complexity index is 505. The van der Waals surface area contributed by atoms with Crippen LogP contribution in [0.25, 0.3) is 0 Å². The van der Waals surface area contributed by atoms with Crippen molar-refractivity contribution in [3.63, 3.8) is 0 Å². The van der Waals surface area contributed by atoms with E-state index in [-0.39, 0.29) is 0 Å². The molecule has 2 aromatic heterocycles. The average molecular weight is 228 g/mol. The van der Waals surface area contributed by atoms with E-state index in [1.807, 2.05) is 33.0 Å². The lowest BCUT2D eigenvalue weighted by atomic mass is 10.2. The fraction of sp³-hybridized carbons (Fsp3) is 0.308. The van der Waals surface area contributed by atoms with Crippen LogP contribution in [0.4, 0.5) is 5.82 Å². The second-order valence-corrected chi connectivity index (χ2v) is 4.11. The Morgan fingerprint density at radius 1 is 1.00 bits per heavy atom. The van der Waals surface area contributed by atoms with Gasteiger partial charge in [0.15, 0.2) is 0 Å². The lowest BCUT2D eigenvalue weighted by Crippen LogP contribution is -2.05. The van der Waals surface area contributed by atoms with E-state index in [9.17, 15) is 0 Å². The molecule has 0 fully saturated rings. The van der Waals surface area contributed by atoms with Gasteiger partial charge in [-0.3, -0.25) is 9.97 Å². The zero-order valence-corrected chi connectivity index (χ0v) is 10.4. The van der Waals surface area contributed by atoms with Gasteiger partial charge in [-0.25, -0.2) is 4.98 Å². The average Bonchev–Trinajstić information content (AvgIpc) is 2.32. The Balaban J connectivity index is 2.07. The molecule has 0 atom stereocenters. The fourth-order valence-electron chi connectivity index (χ4n) is 1.49. The van der Waals surface area contributed by atoms with Crippen LogP contribution in [0, 0.1) is 20.8 Å². The minimum Gasteiger partial charge on any atom is -0.364 e. The van der Waals surface area contributed by atoms with Crippen LogP contribution in [-0.4, -0.2) is 15.0 Å². The molecule has 4 nitrogen and oxygen atoms in total. The van der Waals surface area contributed by atoms with E-state index in [1.165, 1.54) is 0 Å². The van der Waals surface area contributed by atoms with Gasteiger partial charge in [-0.2, -0.15) is 0 Å². The van der Waals surface area contributed by atoms with Crippen LogP contribution in [0.1, 0.15) is 22.6 Å². The first-order chi connectivity index (χ1) is 8.15. The summed E-state index contributed by atoms with van der Waals surface area (Å²) in [5.74, 6) is 0.838. The molecule has 0 spiro atoms. The molecule has 2 aromatic rings. The highest BCUT2D eigenvalue weighted by Gasteiger charge is 2.01. The topological polar surface area (TPSA) is 50.7 Å². The summed E-state index contributed by atoms with van der Waals surface area (Å²) < 4.78 is 0. The summed E-state index contributed by atoms with van der Waals surface area (Å²) in [5.41, 5.74) is 3.99. The number of aromatic nitrogens is 3. The van der Waals surface area contributed by atoms with Crippen molar-refractivity contribution < 1.29 is 0 Å². The van der Waals surface area contributed by atoms with Gasteiger partial charge in [-0.05, 0) is 32.4 Å². The molecule has 0 saturated carbocycles. The van der Waals surface area contributed by atoms with Crippen molar-refractivity contribution in [2.75, 3.05) is 5.32 Å². The van der Waals surface area contributed by atoms with Crippen LogP contribution in [0.15, 0.2) is 24.5 Å². The SMILES string of the molecule is Cc1ccc(CNc2nc(C)cnc2C)cn1. The molecule has 0 unspecified atom stereocenters. The quantitative estimate of drug-likeness (QED) is 0.876. The summed E-state index contributed by atoms with van der Waals surface area (Å²) in [4.78, 5) is 12.9. The molecule has 0 radical (unpaired) electrons. The molecule has 0 aliphatic carbocycles. The van der Waals surface area contributed by atoms with E-state index in [0.717, 1.165) is 28.5 Å². The number of aryl methyl sites for hydroxylation is 3. The number of hydrogen-bond donors (Lipinski definition) is 1. The Hall–Kier alpha value is -1.97. The van der Waals surface area contributed by atoms with Crippen LogP contribution in [0.5, 0.6) is 0 Å². The Labute approximate surface area is 101 Å². The minimum atomic E-state index is 0.715. The maximum absolute atomic E-state index is 4.41. The molecular weight excluding hydrogens is 212 g/mol. The summed E-state index contributed by atoms with van der Waals surface area (Å²) in [6.45, 7) is 6.58. The highest BCUT2D eigenvalue weighted by Crippen LogP contribution is 2.10. The number of rotatable bonds is 3. The third-order valence-electron chi connectivity index (χ3n) is 2.51. The highest BCUT2D eigenvalue weighted by molar-refractivity contribution is 5.40. The predicted molar refractivity (Wildman–Crippen MR) is 67.8 cm³/mol. The first-order valence-corrected chi connectivity index (χ1v) is 5.61. The standard InChI is InChI=1S/C13H16N4/c1-9-4-5-12(7-14-9)8-16-13-11(3)15-6-10(2)17-13/h4-7H,8H2,1-3H3,(H,16,17). The van der Waals surface area contributed by atoms with E-state index in [2.05, 4.69) is 26.3 Å². The number of pyridine rings is 1. The van der Waals surface area contributed by atoms with Gasteiger partial charge in [0.2, 0.25) is 0 Å². The molecule has 0 aliphatic heterocycles. The van der Waals surface area contributed by atoms with E-state index in [4.69, 9.17) is 0 Å². The molecule has 1 N–H and O–H groups in total. The van der Waals surface area contributed by atoms with E-state index < -0.39 is 0 Å². The van der Waals surface area contributed by atoms with Crippen molar-refractivity contribution in [3.8, 4) is 0 Å². The number of nitrogens with zero attached hydrogens (tertiary/aromatic N) is 3. The monoisotopic (exact) mass is 228 g/mol. The van der Waals surface area contributed by atoms with Gasteiger partial charge in [0, 0.05) is 24.6 Å². The molecule has 0 bridgehead atoms. The first kappa shape index (κ1) is 11.5. The smallest absolute Gasteiger partial charge is 0.148 e. The normalized spacial score (nSPS) is 10.3. The molecule has 4 heteroatoms. The van der Waals surface area contributed by atoms with Crippen LogP contribution in [0.2, 0.25) is 0 Å². The van der Waals surface area contributed by atoms with E-state index >= 15 is 0 Å². The Morgan fingerprint density at radius 3 is 2.53 bits per heavy atom. The first-order valence-electron chi connectivity index (χ1n) is 5.61. The van der Waals surface area contributed by atoms with Crippen molar-refractivity contribution in [3.05, 3.63) is 47.2 Å². The van der Waals surface area contributed by atoms with Gasteiger partial charge in [0.1, 0.15) is 5.82 Å². The predicted octanol–water partition coefficient (Wildman–Crippen LogP) is 2.41. The minimum absolute atomic E-state index is 0.715. The van der Waals surface area contributed by atoms with E-state index in [1.54, 1.807) is 6.20 Å². The second-order valence-electron chi connectivity index (χ2n) is 4.11. The Kier molecular flexibility index (Phi) is 3.32. The lowest BCUT2D eigenvalue weighted by molar-refractivity contribution is 1.01. The molecule has 0 amide bonds. The second kappa shape index (κ2) is 4.91. The summed E-state index contributed by atoms with van der Waals surface area (Å²) in [6, 6.07) is 4.07. The maximum Gasteiger partial charge on any atom is 0.148 e. The van der Waals surface area contributed by atoms with Crippen molar-refractivity contribution in [1.29, 1.82) is 0 Å². The van der Waals surface area contributed by atoms with Gasteiger partial charge in [-0.1, -0.05) is 6.07 Å². The molecule has 0 aromatic carbocycles. The van der Waals surface area contributed by atoms with Crippen molar-refractivity contribution in [2.45, 2.75) is 27.3 Å². The van der Waals surface area contributed by atoms with Crippen LogP contribution in [-0.2, 0) is 6.54 Å². The molecule has 2 heterocycles. The molecule has 17 heavy (non-hydrogen) atoms. The Morgan fingerprint density at radius 2 is 1.82 bits per heavy atom. The third-order valence-corrected chi connectivity index (χ3v) is 2.51. The zero-order chi connectivity index (χ0) is 12.3. The van der Waals surface area contributed by atoms with Gasteiger partial charge in [0.05, 0.1) is 11.4 Å². The maximum atomic E-state index is 4.41.